The van der Waals surface area contributed by atoms with E-state index in [2.05, 4.69) is 80.7 Å². The summed E-state index contributed by atoms with van der Waals surface area (Å²) < 4.78 is 2.26. The van der Waals surface area contributed by atoms with Crippen LogP contribution in [0.5, 0.6) is 0 Å². The summed E-state index contributed by atoms with van der Waals surface area (Å²) in [5.41, 5.74) is 2.65. The highest BCUT2D eigenvalue weighted by Crippen LogP contribution is 2.34. The van der Waals surface area contributed by atoms with Crippen LogP contribution in [-0.2, 0) is 0 Å². The van der Waals surface area contributed by atoms with Crippen molar-refractivity contribution in [3.8, 4) is 0 Å². The first-order valence-electron chi connectivity index (χ1n) is 6.35. The van der Waals surface area contributed by atoms with Crippen LogP contribution in [0.2, 0.25) is 0 Å². The van der Waals surface area contributed by atoms with Crippen molar-refractivity contribution >= 4 is 43.2 Å². The second-order valence-corrected chi connectivity index (χ2v) is 7.38. The van der Waals surface area contributed by atoms with Crippen LogP contribution in [0.4, 0.5) is 0 Å². The molecule has 0 aliphatic carbocycles. The molecule has 1 aromatic heterocycles. The summed E-state index contributed by atoms with van der Waals surface area (Å²) in [5.74, 6) is 0. The van der Waals surface area contributed by atoms with Crippen LogP contribution in [0.1, 0.15) is 35.4 Å². The average molecular weight is 403 g/mol. The Labute approximate surface area is 135 Å². The van der Waals surface area contributed by atoms with E-state index in [0.29, 0.717) is 0 Å². The topological polar surface area (TPSA) is 12.0 Å². The van der Waals surface area contributed by atoms with Gasteiger partial charge in [-0.3, -0.25) is 0 Å². The Hall–Kier alpha value is -0.160. The van der Waals surface area contributed by atoms with E-state index in [4.69, 9.17) is 0 Å². The zero-order valence-corrected chi connectivity index (χ0v) is 15.0. The second-order valence-electron chi connectivity index (χ2n) is 4.49. The molecular weight excluding hydrogens is 386 g/mol. The Morgan fingerprint density at radius 3 is 2.63 bits per heavy atom. The first-order chi connectivity index (χ1) is 9.13. The highest BCUT2D eigenvalue weighted by Gasteiger charge is 2.18. The summed E-state index contributed by atoms with van der Waals surface area (Å²) in [6, 6.07) is 8.82. The minimum Gasteiger partial charge on any atom is -0.306 e. The Bertz CT molecular complexity index is 551. The van der Waals surface area contributed by atoms with Crippen LogP contribution < -0.4 is 5.32 Å². The molecule has 102 valence electrons. The van der Waals surface area contributed by atoms with E-state index in [0.717, 1.165) is 21.9 Å². The molecule has 1 aromatic carbocycles. The molecule has 0 saturated carbocycles. The summed E-state index contributed by atoms with van der Waals surface area (Å²) >= 11 is 9.05. The van der Waals surface area contributed by atoms with Gasteiger partial charge in [0.15, 0.2) is 0 Å². The lowest BCUT2D eigenvalue weighted by atomic mass is 9.99. The molecule has 1 N–H and O–H groups in total. The molecule has 1 unspecified atom stereocenters. The first kappa shape index (κ1) is 15.2. The van der Waals surface area contributed by atoms with Gasteiger partial charge in [0.25, 0.3) is 0 Å². The maximum atomic E-state index is 3.68. The van der Waals surface area contributed by atoms with Gasteiger partial charge in [-0.15, -0.1) is 11.3 Å². The molecule has 0 saturated heterocycles. The van der Waals surface area contributed by atoms with Crippen molar-refractivity contribution in [1.29, 1.82) is 0 Å². The maximum Gasteiger partial charge on any atom is 0.0599 e. The van der Waals surface area contributed by atoms with Crippen molar-refractivity contribution in [2.24, 2.45) is 0 Å². The third kappa shape index (κ3) is 3.69. The van der Waals surface area contributed by atoms with Crippen molar-refractivity contribution < 1.29 is 0 Å². The zero-order valence-electron chi connectivity index (χ0n) is 11.0. The van der Waals surface area contributed by atoms with E-state index >= 15 is 0 Å². The minimum absolute atomic E-state index is 0.248. The second kappa shape index (κ2) is 7.02. The quantitative estimate of drug-likeness (QED) is 0.679. The molecule has 0 bridgehead atoms. The lowest BCUT2D eigenvalue weighted by Gasteiger charge is -2.21. The fourth-order valence-corrected chi connectivity index (χ4v) is 3.70. The fraction of sp³-hybridized carbons (Fsp3) is 0.333. The number of aryl methyl sites for hydroxylation is 1. The van der Waals surface area contributed by atoms with Gasteiger partial charge in [-0.25, -0.2) is 0 Å². The van der Waals surface area contributed by atoms with Gasteiger partial charge in [-0.05, 0) is 60.7 Å². The number of rotatable bonds is 5. The predicted molar refractivity (Wildman–Crippen MR) is 91.0 cm³/mol. The monoisotopic (exact) mass is 401 g/mol. The SMILES string of the molecule is CCCNC(c1cc(Br)ccc1Br)c1ccsc1C. The zero-order chi connectivity index (χ0) is 13.8. The van der Waals surface area contributed by atoms with Crippen LogP contribution >= 0.6 is 43.2 Å². The molecule has 19 heavy (non-hydrogen) atoms. The average Bonchev–Trinajstić information content (AvgIpc) is 2.80. The number of hydrogen-bond donors (Lipinski definition) is 1. The first-order valence-corrected chi connectivity index (χ1v) is 8.82. The molecule has 0 spiro atoms. The normalized spacial score (nSPS) is 12.6. The van der Waals surface area contributed by atoms with Gasteiger partial charge in [0.2, 0.25) is 0 Å². The highest BCUT2D eigenvalue weighted by molar-refractivity contribution is 9.11. The number of thiophene rings is 1. The summed E-state index contributed by atoms with van der Waals surface area (Å²) in [6.07, 6.45) is 1.13. The largest absolute Gasteiger partial charge is 0.306 e. The van der Waals surface area contributed by atoms with Crippen molar-refractivity contribution in [3.63, 3.8) is 0 Å². The van der Waals surface area contributed by atoms with Crippen molar-refractivity contribution in [2.75, 3.05) is 6.54 Å². The third-order valence-corrected chi connectivity index (χ3v) is 5.15. The smallest absolute Gasteiger partial charge is 0.0599 e. The molecule has 0 fully saturated rings. The van der Waals surface area contributed by atoms with Gasteiger partial charge < -0.3 is 5.32 Å². The Balaban J connectivity index is 2.42. The van der Waals surface area contributed by atoms with Crippen LogP contribution in [0.15, 0.2) is 38.6 Å². The highest BCUT2D eigenvalue weighted by atomic mass is 79.9. The van der Waals surface area contributed by atoms with E-state index in [1.165, 1.54) is 16.0 Å². The third-order valence-electron chi connectivity index (χ3n) is 3.08. The molecule has 2 rings (SSSR count). The summed E-state index contributed by atoms with van der Waals surface area (Å²) in [5, 5.41) is 5.82. The van der Waals surface area contributed by atoms with Gasteiger partial charge >= 0.3 is 0 Å². The van der Waals surface area contributed by atoms with Crippen molar-refractivity contribution in [1.82, 2.24) is 5.32 Å². The predicted octanol–water partition coefficient (Wildman–Crippen LogP) is 5.67. The Morgan fingerprint density at radius 1 is 1.21 bits per heavy atom. The van der Waals surface area contributed by atoms with Crippen molar-refractivity contribution in [3.05, 3.63) is 54.6 Å². The van der Waals surface area contributed by atoms with Crippen LogP contribution in [0.25, 0.3) is 0 Å². The lowest BCUT2D eigenvalue weighted by molar-refractivity contribution is 0.596. The summed E-state index contributed by atoms with van der Waals surface area (Å²) in [4.78, 5) is 1.38. The number of nitrogens with one attached hydrogen (secondary N) is 1. The molecule has 1 heterocycles. The Morgan fingerprint density at radius 2 is 2.00 bits per heavy atom. The molecule has 1 atom stereocenters. The van der Waals surface area contributed by atoms with E-state index in [-0.39, 0.29) is 6.04 Å². The van der Waals surface area contributed by atoms with Gasteiger partial charge in [-0.2, -0.15) is 0 Å². The molecule has 1 nitrogen and oxygen atoms in total. The number of hydrogen-bond acceptors (Lipinski definition) is 2. The fourth-order valence-electron chi connectivity index (χ4n) is 2.11. The lowest BCUT2D eigenvalue weighted by Crippen LogP contribution is -2.23. The number of benzene rings is 1. The molecule has 0 amide bonds. The van der Waals surface area contributed by atoms with Crippen LogP contribution in [-0.4, -0.2) is 6.54 Å². The van der Waals surface area contributed by atoms with Crippen molar-refractivity contribution in [2.45, 2.75) is 26.3 Å². The van der Waals surface area contributed by atoms with E-state index in [9.17, 15) is 0 Å². The van der Waals surface area contributed by atoms with Gasteiger partial charge in [0.05, 0.1) is 6.04 Å². The molecule has 0 aliphatic rings. The van der Waals surface area contributed by atoms with E-state index in [1.54, 1.807) is 11.3 Å². The number of halogens is 2. The minimum atomic E-state index is 0.248. The maximum absolute atomic E-state index is 3.68. The molecular formula is C15H17Br2NS. The standard InChI is InChI=1S/C15H17Br2NS/c1-3-7-18-15(12-6-8-19-10(12)2)13-9-11(16)4-5-14(13)17/h4-6,8-9,15,18H,3,7H2,1-2H3. The van der Waals surface area contributed by atoms with E-state index < -0.39 is 0 Å². The molecule has 2 aromatic rings. The van der Waals surface area contributed by atoms with Crippen LogP contribution in [0, 0.1) is 6.92 Å². The molecule has 0 aliphatic heterocycles. The van der Waals surface area contributed by atoms with Gasteiger partial charge in [-0.1, -0.05) is 38.8 Å². The van der Waals surface area contributed by atoms with E-state index in [1.807, 2.05) is 0 Å². The van der Waals surface area contributed by atoms with Gasteiger partial charge in [0, 0.05) is 13.8 Å². The van der Waals surface area contributed by atoms with Gasteiger partial charge in [0.1, 0.15) is 0 Å². The summed E-state index contributed by atoms with van der Waals surface area (Å²) in [6.45, 7) is 5.39. The summed E-state index contributed by atoms with van der Waals surface area (Å²) in [7, 11) is 0. The van der Waals surface area contributed by atoms with Crippen LogP contribution in [0.3, 0.4) is 0 Å². The Kier molecular flexibility index (Phi) is 5.63. The molecule has 0 radical (unpaired) electrons. The molecule has 4 heteroatoms.